The Morgan fingerprint density at radius 3 is 2.32 bits per heavy atom. The highest BCUT2D eigenvalue weighted by atomic mass is 32.2. The second-order valence-corrected chi connectivity index (χ2v) is 9.02. The first kappa shape index (κ1) is 22.4. The van der Waals surface area contributed by atoms with E-state index < -0.39 is 16.1 Å². The largest absolute Gasteiger partial charge is 0.339 e. The maximum Gasteiger partial charge on any atom is 0.253 e. The van der Waals surface area contributed by atoms with Crippen molar-refractivity contribution in [2.24, 2.45) is 0 Å². The number of nitrogens with zero attached hydrogens (tertiary/aromatic N) is 2. The normalized spacial score (nSPS) is 17.9. The van der Waals surface area contributed by atoms with Crippen molar-refractivity contribution in [3.05, 3.63) is 29.8 Å². The van der Waals surface area contributed by atoms with Crippen molar-refractivity contribution >= 4 is 27.5 Å². The summed E-state index contributed by atoms with van der Waals surface area (Å²) in [5.41, 5.74) is 1.12. The van der Waals surface area contributed by atoms with E-state index in [0.717, 1.165) is 12.8 Å². The monoisotopic (exact) mass is 409 g/mol. The minimum Gasteiger partial charge on any atom is -0.339 e. The minimum absolute atomic E-state index is 0.0491. The maximum absolute atomic E-state index is 12.8. The molecule has 0 bridgehead atoms. The molecule has 0 aromatic heterocycles. The number of amides is 2. The van der Waals surface area contributed by atoms with E-state index >= 15 is 0 Å². The predicted octanol–water partition coefficient (Wildman–Crippen LogP) is 2.70. The summed E-state index contributed by atoms with van der Waals surface area (Å²) < 4.78 is 26.3. The summed E-state index contributed by atoms with van der Waals surface area (Å²) in [6, 6.07) is 6.05. The first-order valence-corrected chi connectivity index (χ1v) is 11.6. The Kier molecular flexibility index (Phi) is 8.00. The number of hydrogen-bond donors (Lipinski definition) is 1. The molecule has 8 heteroatoms. The molecule has 2 amide bonds. The van der Waals surface area contributed by atoms with Gasteiger partial charge in [0.2, 0.25) is 15.9 Å². The molecule has 28 heavy (non-hydrogen) atoms. The van der Waals surface area contributed by atoms with Crippen LogP contribution >= 0.6 is 0 Å². The highest BCUT2D eigenvalue weighted by Gasteiger charge is 2.36. The zero-order valence-electron chi connectivity index (χ0n) is 17.0. The van der Waals surface area contributed by atoms with Gasteiger partial charge in [0.05, 0.1) is 5.75 Å². The molecule has 1 aliphatic rings. The van der Waals surface area contributed by atoms with Gasteiger partial charge in [0.15, 0.2) is 0 Å². The van der Waals surface area contributed by atoms with Crippen molar-refractivity contribution in [3.63, 3.8) is 0 Å². The topological polar surface area (TPSA) is 86.8 Å². The Hall–Kier alpha value is -1.93. The van der Waals surface area contributed by atoms with Gasteiger partial charge in [-0.3, -0.25) is 9.59 Å². The van der Waals surface area contributed by atoms with Gasteiger partial charge in [-0.1, -0.05) is 13.3 Å². The Balaban J connectivity index is 2.09. The third kappa shape index (κ3) is 5.32. The van der Waals surface area contributed by atoms with Gasteiger partial charge < -0.3 is 10.2 Å². The standard InChI is InChI=1S/C20H31N3O4S/c1-4-15-28(26,27)23-14-8-7-9-18(23)19(24)21-17-12-10-16(11-13-17)20(25)22(5-2)6-3/h10-13,18H,4-9,14-15H2,1-3H3,(H,21,24). The van der Waals surface area contributed by atoms with Crippen LogP contribution in [0, 0.1) is 0 Å². The van der Waals surface area contributed by atoms with Crippen molar-refractivity contribution < 1.29 is 18.0 Å². The number of anilines is 1. The molecule has 1 aromatic rings. The first-order chi connectivity index (χ1) is 13.3. The SMILES string of the molecule is CCCS(=O)(=O)N1CCCCC1C(=O)Nc1ccc(C(=O)N(CC)CC)cc1. The average molecular weight is 410 g/mol. The highest BCUT2D eigenvalue weighted by molar-refractivity contribution is 7.89. The first-order valence-electron chi connectivity index (χ1n) is 10.0. The van der Waals surface area contributed by atoms with Crippen LogP contribution in [-0.2, 0) is 14.8 Å². The number of sulfonamides is 1. The average Bonchev–Trinajstić information content (AvgIpc) is 2.69. The van der Waals surface area contributed by atoms with E-state index in [9.17, 15) is 18.0 Å². The quantitative estimate of drug-likeness (QED) is 0.715. The van der Waals surface area contributed by atoms with E-state index in [1.54, 1.807) is 29.2 Å². The molecule has 0 aliphatic carbocycles. The van der Waals surface area contributed by atoms with E-state index in [0.29, 0.717) is 43.7 Å². The summed E-state index contributed by atoms with van der Waals surface area (Å²) >= 11 is 0. The van der Waals surface area contributed by atoms with E-state index in [1.807, 2.05) is 20.8 Å². The minimum atomic E-state index is -3.43. The van der Waals surface area contributed by atoms with E-state index in [-0.39, 0.29) is 17.6 Å². The lowest BCUT2D eigenvalue weighted by Crippen LogP contribution is -2.50. The Labute approximate surface area is 168 Å². The van der Waals surface area contributed by atoms with Crippen LogP contribution in [-0.4, -0.2) is 60.9 Å². The lowest BCUT2D eigenvalue weighted by Gasteiger charge is -2.33. The van der Waals surface area contributed by atoms with Gasteiger partial charge in [-0.15, -0.1) is 0 Å². The molecule has 1 atom stereocenters. The van der Waals surface area contributed by atoms with Crippen LogP contribution in [0.4, 0.5) is 5.69 Å². The molecule has 1 saturated heterocycles. The molecule has 0 spiro atoms. The molecule has 7 nitrogen and oxygen atoms in total. The number of carbonyl (C=O) groups is 2. The van der Waals surface area contributed by atoms with Gasteiger partial charge in [0, 0.05) is 30.9 Å². The lowest BCUT2D eigenvalue weighted by molar-refractivity contribution is -0.120. The predicted molar refractivity (Wildman–Crippen MR) is 111 cm³/mol. The number of benzene rings is 1. The second kappa shape index (κ2) is 10.0. The molecule has 156 valence electrons. The third-order valence-electron chi connectivity index (χ3n) is 5.03. The third-order valence-corrected chi connectivity index (χ3v) is 7.10. The Bertz CT molecular complexity index is 773. The Morgan fingerprint density at radius 2 is 1.75 bits per heavy atom. The molecule has 1 unspecified atom stereocenters. The molecule has 2 rings (SSSR count). The smallest absolute Gasteiger partial charge is 0.253 e. The van der Waals surface area contributed by atoms with Crippen molar-refractivity contribution in [1.29, 1.82) is 0 Å². The molecule has 1 fully saturated rings. The van der Waals surface area contributed by atoms with Crippen molar-refractivity contribution in [3.8, 4) is 0 Å². The van der Waals surface area contributed by atoms with Crippen molar-refractivity contribution in [2.75, 3.05) is 30.7 Å². The van der Waals surface area contributed by atoms with Gasteiger partial charge in [0.1, 0.15) is 6.04 Å². The molecular formula is C20H31N3O4S. The fourth-order valence-electron chi connectivity index (χ4n) is 3.49. The summed E-state index contributed by atoms with van der Waals surface area (Å²) in [6.07, 6.45) is 2.64. The summed E-state index contributed by atoms with van der Waals surface area (Å²) in [4.78, 5) is 26.9. The van der Waals surface area contributed by atoms with Crippen LogP contribution in [0.3, 0.4) is 0 Å². The Morgan fingerprint density at radius 1 is 1.11 bits per heavy atom. The van der Waals surface area contributed by atoms with Gasteiger partial charge >= 0.3 is 0 Å². The van der Waals surface area contributed by atoms with Crippen molar-refractivity contribution in [2.45, 2.75) is 52.5 Å². The summed E-state index contributed by atoms with van der Waals surface area (Å²) in [7, 11) is -3.43. The molecule has 0 radical (unpaired) electrons. The number of piperidine rings is 1. The summed E-state index contributed by atoms with van der Waals surface area (Å²) in [5.74, 6) is -0.312. The highest BCUT2D eigenvalue weighted by Crippen LogP contribution is 2.23. The fourth-order valence-corrected chi connectivity index (χ4v) is 5.24. The van der Waals surface area contributed by atoms with E-state index in [1.165, 1.54) is 4.31 Å². The van der Waals surface area contributed by atoms with Gasteiger partial charge in [-0.2, -0.15) is 4.31 Å². The molecule has 0 saturated carbocycles. The lowest BCUT2D eigenvalue weighted by atomic mass is 10.0. The van der Waals surface area contributed by atoms with Crippen LogP contribution in [0.1, 0.15) is 56.8 Å². The van der Waals surface area contributed by atoms with Gasteiger partial charge in [0.25, 0.3) is 5.91 Å². The van der Waals surface area contributed by atoms with E-state index in [2.05, 4.69) is 5.32 Å². The second-order valence-electron chi connectivity index (χ2n) is 6.98. The molecule has 1 N–H and O–H groups in total. The van der Waals surface area contributed by atoms with E-state index in [4.69, 9.17) is 0 Å². The van der Waals surface area contributed by atoms with Crippen LogP contribution in [0.25, 0.3) is 0 Å². The van der Waals surface area contributed by atoms with Crippen LogP contribution in [0.15, 0.2) is 24.3 Å². The fraction of sp³-hybridized carbons (Fsp3) is 0.600. The summed E-state index contributed by atoms with van der Waals surface area (Å²) in [5, 5.41) is 2.81. The number of hydrogen-bond acceptors (Lipinski definition) is 4. The number of nitrogens with one attached hydrogen (secondary N) is 1. The molecule has 1 aromatic carbocycles. The van der Waals surface area contributed by atoms with Crippen molar-refractivity contribution in [1.82, 2.24) is 9.21 Å². The van der Waals surface area contributed by atoms with Gasteiger partial charge in [-0.25, -0.2) is 8.42 Å². The van der Waals surface area contributed by atoms with Crippen LogP contribution in [0.2, 0.25) is 0 Å². The molecule has 1 aliphatic heterocycles. The maximum atomic E-state index is 12.8. The van der Waals surface area contributed by atoms with Crippen LogP contribution in [0.5, 0.6) is 0 Å². The zero-order chi connectivity index (χ0) is 20.7. The molecule has 1 heterocycles. The molecular weight excluding hydrogens is 378 g/mol. The number of rotatable bonds is 8. The summed E-state index contributed by atoms with van der Waals surface area (Å²) in [6.45, 7) is 7.33. The van der Waals surface area contributed by atoms with Crippen LogP contribution < -0.4 is 5.32 Å². The van der Waals surface area contributed by atoms with Gasteiger partial charge in [-0.05, 0) is 57.4 Å². The zero-order valence-corrected chi connectivity index (χ0v) is 17.8. The number of carbonyl (C=O) groups excluding carboxylic acids is 2.